The molecule has 0 saturated heterocycles. The first-order chi connectivity index (χ1) is 11.7. The molecule has 0 spiro atoms. The van der Waals surface area contributed by atoms with Crippen LogP contribution in [-0.4, -0.2) is 21.8 Å². The fourth-order valence-corrected chi connectivity index (χ4v) is 5.54. The molecule has 0 unspecified atom stereocenters. The Morgan fingerprint density at radius 3 is 2.36 bits per heavy atom. The molecule has 3 rings (SSSR count). The first kappa shape index (κ1) is 17.5. The molecule has 0 bridgehead atoms. The highest BCUT2D eigenvalue weighted by molar-refractivity contribution is 6.06. The molecule has 3 atom stereocenters. The molecule has 3 aliphatic rings. The number of fused-ring (bicyclic) bond motifs is 3. The third kappa shape index (κ3) is 2.15. The summed E-state index contributed by atoms with van der Waals surface area (Å²) in [6, 6.07) is 0. The second-order valence-electron chi connectivity index (χ2n) is 8.37. The van der Waals surface area contributed by atoms with Gasteiger partial charge in [0.25, 0.3) is 0 Å². The average Bonchev–Trinajstić information content (AvgIpc) is 2.58. The molecule has 2 fully saturated rings. The summed E-state index contributed by atoms with van der Waals surface area (Å²) in [5.41, 5.74) is -0.160. The summed E-state index contributed by atoms with van der Waals surface area (Å²) in [4.78, 5) is 25.2. The Morgan fingerprint density at radius 1 is 1.16 bits per heavy atom. The summed E-state index contributed by atoms with van der Waals surface area (Å²) in [5.74, 6) is 2.67. The number of allylic oxidation sites excluding steroid dienone is 4. The number of aliphatic hydroxyl groups is 2. The van der Waals surface area contributed by atoms with Crippen molar-refractivity contribution in [3.05, 3.63) is 35.3 Å². The van der Waals surface area contributed by atoms with Crippen LogP contribution in [0.5, 0.6) is 0 Å². The Morgan fingerprint density at radius 2 is 1.80 bits per heavy atom. The molecule has 0 aromatic carbocycles. The Hall–Kier alpha value is -2.28. The van der Waals surface area contributed by atoms with Gasteiger partial charge in [-0.1, -0.05) is 26.7 Å². The van der Waals surface area contributed by atoms with Gasteiger partial charge in [0.05, 0.1) is 17.9 Å². The molecular weight excluding hydrogens is 316 g/mol. The first-order valence-corrected chi connectivity index (χ1v) is 8.62. The Bertz CT molecular complexity index is 789. The van der Waals surface area contributed by atoms with Crippen molar-refractivity contribution in [1.82, 2.24) is 0 Å². The smallest absolute Gasteiger partial charge is 0.184 e. The van der Waals surface area contributed by atoms with Crippen molar-refractivity contribution in [2.75, 3.05) is 0 Å². The summed E-state index contributed by atoms with van der Waals surface area (Å²) in [5, 5.41) is 19.0. The van der Waals surface area contributed by atoms with Crippen LogP contribution in [0.2, 0.25) is 0 Å². The van der Waals surface area contributed by atoms with Gasteiger partial charge in [-0.15, -0.1) is 6.42 Å². The number of aliphatic hydroxyl groups excluding tert-OH is 2. The highest BCUT2D eigenvalue weighted by Gasteiger charge is 2.61. The number of Topliss-reactive ketones (excluding diaryl/α,β-unsaturated/α-hetero) is 1. The number of terminal acetylenes is 1. The molecule has 0 aromatic heterocycles. The minimum atomic E-state index is -0.640. The predicted octanol–water partition coefficient (Wildman–Crippen LogP) is 3.80. The van der Waals surface area contributed by atoms with E-state index < -0.39 is 16.2 Å². The first-order valence-electron chi connectivity index (χ1n) is 8.62. The standard InChI is InChI=1S/C21H24O4/c1-5-21-7-6-16-19(2,3)18(25)14(12-23)9-20(16,4)17(21)8-15(24)13(10-21)11-22/h1,8,11-12,16,22-23H,6-7,9-10H2,2-4H3/b13-11-,14-12-/t16-,20-,21-/m0/s1. The van der Waals surface area contributed by atoms with Gasteiger partial charge in [0, 0.05) is 16.6 Å². The van der Waals surface area contributed by atoms with Crippen molar-refractivity contribution in [1.29, 1.82) is 0 Å². The maximum Gasteiger partial charge on any atom is 0.184 e. The predicted molar refractivity (Wildman–Crippen MR) is 94.6 cm³/mol. The van der Waals surface area contributed by atoms with E-state index in [1.54, 1.807) is 6.08 Å². The van der Waals surface area contributed by atoms with Crippen LogP contribution in [0.15, 0.2) is 35.3 Å². The van der Waals surface area contributed by atoms with E-state index in [9.17, 15) is 19.8 Å². The summed E-state index contributed by atoms with van der Waals surface area (Å²) in [7, 11) is 0. The van der Waals surface area contributed by atoms with Gasteiger partial charge in [-0.3, -0.25) is 9.59 Å². The van der Waals surface area contributed by atoms with E-state index in [0.717, 1.165) is 24.5 Å². The van der Waals surface area contributed by atoms with Crippen molar-refractivity contribution in [2.24, 2.45) is 22.2 Å². The maximum absolute atomic E-state index is 12.8. The molecule has 4 nitrogen and oxygen atoms in total. The maximum atomic E-state index is 12.8. The molecule has 0 aromatic rings. The van der Waals surface area contributed by atoms with Crippen LogP contribution >= 0.6 is 0 Å². The lowest BCUT2D eigenvalue weighted by atomic mass is 9.43. The zero-order chi connectivity index (χ0) is 18.6. The molecule has 2 saturated carbocycles. The molecule has 132 valence electrons. The number of hydrogen-bond acceptors (Lipinski definition) is 4. The zero-order valence-corrected chi connectivity index (χ0v) is 14.9. The van der Waals surface area contributed by atoms with E-state index in [4.69, 9.17) is 6.42 Å². The lowest BCUT2D eigenvalue weighted by Crippen LogP contribution is -2.55. The lowest BCUT2D eigenvalue weighted by molar-refractivity contribution is -0.134. The van der Waals surface area contributed by atoms with E-state index in [0.29, 0.717) is 30.4 Å². The largest absolute Gasteiger partial charge is 0.515 e. The van der Waals surface area contributed by atoms with Gasteiger partial charge in [0.2, 0.25) is 0 Å². The Labute approximate surface area is 148 Å². The lowest BCUT2D eigenvalue weighted by Gasteiger charge is -2.59. The minimum absolute atomic E-state index is 0.0376. The van der Waals surface area contributed by atoms with Crippen LogP contribution < -0.4 is 0 Å². The third-order valence-electron chi connectivity index (χ3n) is 6.74. The third-order valence-corrected chi connectivity index (χ3v) is 6.74. The van der Waals surface area contributed by atoms with Crippen molar-refractivity contribution >= 4 is 11.6 Å². The number of rotatable bonds is 0. The second-order valence-corrected chi connectivity index (χ2v) is 8.37. The van der Waals surface area contributed by atoms with Crippen LogP contribution in [0.4, 0.5) is 0 Å². The minimum Gasteiger partial charge on any atom is -0.515 e. The molecule has 0 radical (unpaired) electrons. The van der Waals surface area contributed by atoms with Crippen molar-refractivity contribution in [2.45, 2.75) is 46.5 Å². The fraction of sp³-hybridized carbons (Fsp3) is 0.524. The Balaban J connectivity index is 2.23. The van der Waals surface area contributed by atoms with Gasteiger partial charge in [0.15, 0.2) is 11.6 Å². The van der Waals surface area contributed by atoms with E-state index in [1.807, 2.05) is 20.8 Å². The molecular formula is C21H24O4. The number of hydrogen-bond donors (Lipinski definition) is 2. The summed E-state index contributed by atoms with van der Waals surface area (Å²) < 4.78 is 0. The zero-order valence-electron chi connectivity index (χ0n) is 14.9. The van der Waals surface area contributed by atoms with Crippen LogP contribution in [-0.2, 0) is 9.59 Å². The van der Waals surface area contributed by atoms with Gasteiger partial charge >= 0.3 is 0 Å². The van der Waals surface area contributed by atoms with Gasteiger partial charge in [-0.05, 0) is 48.7 Å². The fourth-order valence-electron chi connectivity index (χ4n) is 5.54. The van der Waals surface area contributed by atoms with Crippen molar-refractivity contribution in [3.8, 4) is 12.3 Å². The van der Waals surface area contributed by atoms with Crippen LogP contribution in [0.25, 0.3) is 0 Å². The number of carbonyl (C=O) groups is 2. The van der Waals surface area contributed by atoms with Gasteiger partial charge in [-0.25, -0.2) is 0 Å². The SMILES string of the molecule is C#C[C@@]12CC[C@H]3C(C)(C)C(=O)/C(=C\O)C[C@]3(C)C1=CC(=O)/C(=C\O)C2. The molecule has 25 heavy (non-hydrogen) atoms. The van der Waals surface area contributed by atoms with E-state index in [1.165, 1.54) is 0 Å². The van der Waals surface area contributed by atoms with Crippen LogP contribution in [0.1, 0.15) is 46.5 Å². The quantitative estimate of drug-likeness (QED) is 0.399. The highest BCUT2D eigenvalue weighted by Crippen LogP contribution is 2.65. The normalized spacial score (nSPS) is 40.2. The monoisotopic (exact) mass is 340 g/mol. The molecule has 3 aliphatic carbocycles. The Kier molecular flexibility index (Phi) is 3.76. The van der Waals surface area contributed by atoms with Gasteiger partial charge in [-0.2, -0.15) is 0 Å². The van der Waals surface area contributed by atoms with Crippen molar-refractivity contribution in [3.63, 3.8) is 0 Å². The molecule has 0 amide bonds. The highest BCUT2D eigenvalue weighted by atomic mass is 16.2. The topological polar surface area (TPSA) is 74.6 Å². The molecule has 0 heterocycles. The van der Waals surface area contributed by atoms with Crippen molar-refractivity contribution < 1.29 is 19.8 Å². The van der Waals surface area contributed by atoms with Crippen LogP contribution in [0.3, 0.4) is 0 Å². The van der Waals surface area contributed by atoms with E-state index >= 15 is 0 Å². The summed E-state index contributed by atoms with van der Waals surface area (Å²) >= 11 is 0. The average molecular weight is 340 g/mol. The number of carbonyl (C=O) groups excluding carboxylic acids is 2. The molecule has 4 heteroatoms. The summed E-state index contributed by atoms with van der Waals surface area (Å²) in [6.45, 7) is 5.87. The van der Waals surface area contributed by atoms with E-state index in [-0.39, 0.29) is 17.5 Å². The summed E-state index contributed by atoms with van der Waals surface area (Å²) in [6.07, 6.45) is 11.4. The molecule has 2 N–H and O–H groups in total. The van der Waals surface area contributed by atoms with Gasteiger partial charge in [0.1, 0.15) is 0 Å². The van der Waals surface area contributed by atoms with Crippen LogP contribution in [0, 0.1) is 34.5 Å². The second kappa shape index (κ2) is 5.36. The van der Waals surface area contributed by atoms with Gasteiger partial charge < -0.3 is 10.2 Å². The number of ketones is 2. The van der Waals surface area contributed by atoms with E-state index in [2.05, 4.69) is 5.92 Å². The molecule has 0 aliphatic heterocycles.